The minimum Gasteiger partial charge on any atom is -0.460 e. The Morgan fingerprint density at radius 2 is 2.18 bits per heavy atom. The van der Waals surface area contributed by atoms with Crippen LogP contribution in [0.2, 0.25) is 0 Å². The number of hydrogen-bond acceptors (Lipinski definition) is 5. The summed E-state index contributed by atoms with van der Waals surface area (Å²) in [5, 5.41) is 13.1. The van der Waals surface area contributed by atoms with Crippen molar-refractivity contribution in [1.82, 2.24) is 0 Å². The van der Waals surface area contributed by atoms with Gasteiger partial charge in [-0.3, -0.25) is 4.79 Å². The minimum absolute atomic E-state index is 0.207. The van der Waals surface area contributed by atoms with Crippen LogP contribution in [-0.4, -0.2) is 35.4 Å². The molecule has 0 aromatic heterocycles. The number of esters is 1. The van der Waals surface area contributed by atoms with Crippen LogP contribution in [0.25, 0.3) is 10.4 Å². The number of nitrogens with two attached hydrogens (primary N) is 1. The molecule has 0 saturated heterocycles. The average Bonchev–Trinajstić information content (AvgIpc) is 2.14. The molecule has 0 fully saturated rings. The molecule has 0 radical (unpaired) electrons. The number of nitrogens with zero attached hydrogens (tertiary/aromatic N) is 3. The van der Waals surface area contributed by atoms with Gasteiger partial charge in [0, 0.05) is 4.91 Å². The number of aliphatic hydroxyl groups excluding tert-OH is 1. The lowest BCUT2D eigenvalue weighted by Crippen LogP contribution is -2.32. The predicted octanol–water partition coefficient (Wildman–Crippen LogP) is 1.11. The molecule has 7 heteroatoms. The van der Waals surface area contributed by atoms with Crippen molar-refractivity contribution in [2.75, 3.05) is 6.54 Å². The molecule has 0 aliphatic carbocycles. The zero-order valence-electron chi connectivity index (χ0n) is 10.5. The van der Waals surface area contributed by atoms with Crippen LogP contribution in [0.5, 0.6) is 0 Å². The van der Waals surface area contributed by atoms with Crippen LogP contribution in [0, 0.1) is 0 Å². The van der Waals surface area contributed by atoms with E-state index >= 15 is 0 Å². The van der Waals surface area contributed by atoms with Gasteiger partial charge in [-0.05, 0) is 39.3 Å². The molecule has 3 N–H and O–H groups in total. The van der Waals surface area contributed by atoms with Gasteiger partial charge in [0.2, 0.25) is 0 Å². The van der Waals surface area contributed by atoms with Crippen molar-refractivity contribution < 1.29 is 14.6 Å². The molecule has 0 unspecified atom stereocenters. The fourth-order valence-electron chi connectivity index (χ4n) is 1.25. The molecule has 0 aliphatic rings. The van der Waals surface area contributed by atoms with Gasteiger partial charge < -0.3 is 15.6 Å². The fourth-order valence-corrected chi connectivity index (χ4v) is 1.25. The summed E-state index contributed by atoms with van der Waals surface area (Å²) in [5.41, 5.74) is 13.0. The highest BCUT2D eigenvalue weighted by Gasteiger charge is 2.24. The lowest BCUT2D eigenvalue weighted by molar-refractivity contribution is -0.157. The molecule has 0 spiro atoms. The third-order valence-electron chi connectivity index (χ3n) is 1.90. The quantitative estimate of drug-likeness (QED) is 0.314. The van der Waals surface area contributed by atoms with Gasteiger partial charge in [0.1, 0.15) is 5.60 Å². The SMILES string of the molecule is CC(C)(C)OC(=O)C[C@@H](O)[C@H](CCN)N=[N+]=[N-]. The van der Waals surface area contributed by atoms with E-state index in [1.54, 1.807) is 20.8 Å². The van der Waals surface area contributed by atoms with Crippen molar-refractivity contribution >= 4 is 5.97 Å². The summed E-state index contributed by atoms with van der Waals surface area (Å²) in [6.45, 7) is 5.49. The van der Waals surface area contributed by atoms with Crippen molar-refractivity contribution in [3.8, 4) is 0 Å². The van der Waals surface area contributed by atoms with Crippen LogP contribution in [0.4, 0.5) is 0 Å². The van der Waals surface area contributed by atoms with Gasteiger partial charge in [-0.1, -0.05) is 5.11 Å². The van der Waals surface area contributed by atoms with Crippen LogP contribution in [0.15, 0.2) is 5.11 Å². The third kappa shape index (κ3) is 7.57. The summed E-state index contributed by atoms with van der Waals surface area (Å²) in [5.74, 6) is -0.528. The highest BCUT2D eigenvalue weighted by molar-refractivity contribution is 5.70. The fraction of sp³-hybridized carbons (Fsp3) is 0.900. The zero-order valence-corrected chi connectivity index (χ0v) is 10.5. The number of azide groups is 1. The number of rotatable bonds is 6. The first-order chi connectivity index (χ1) is 7.80. The first-order valence-electron chi connectivity index (χ1n) is 5.44. The lowest BCUT2D eigenvalue weighted by atomic mass is 10.1. The number of ether oxygens (including phenoxy) is 1. The molecule has 0 heterocycles. The van der Waals surface area contributed by atoms with Crippen molar-refractivity contribution in [3.05, 3.63) is 10.4 Å². The molecule has 17 heavy (non-hydrogen) atoms. The Labute approximate surface area is 101 Å². The van der Waals surface area contributed by atoms with E-state index in [-0.39, 0.29) is 13.0 Å². The van der Waals surface area contributed by atoms with Gasteiger partial charge >= 0.3 is 5.97 Å². The van der Waals surface area contributed by atoms with Gasteiger partial charge in [-0.25, -0.2) is 0 Å². The molecular weight excluding hydrogens is 224 g/mol. The molecule has 2 atom stereocenters. The molecule has 0 bridgehead atoms. The Morgan fingerprint density at radius 1 is 1.59 bits per heavy atom. The topological polar surface area (TPSA) is 121 Å². The Bertz CT molecular complexity index is 294. The summed E-state index contributed by atoms with van der Waals surface area (Å²) in [7, 11) is 0. The highest BCUT2D eigenvalue weighted by Crippen LogP contribution is 2.13. The van der Waals surface area contributed by atoms with Crippen molar-refractivity contribution in [2.45, 2.75) is 51.4 Å². The number of hydrogen-bond donors (Lipinski definition) is 2. The molecule has 7 nitrogen and oxygen atoms in total. The van der Waals surface area contributed by atoms with Crippen LogP contribution in [0.3, 0.4) is 0 Å². The van der Waals surface area contributed by atoms with E-state index in [2.05, 4.69) is 10.0 Å². The molecule has 98 valence electrons. The summed E-state index contributed by atoms with van der Waals surface area (Å²) in [6, 6.07) is -0.697. The zero-order chi connectivity index (χ0) is 13.5. The van der Waals surface area contributed by atoms with Crippen LogP contribution >= 0.6 is 0 Å². The number of carbonyl (C=O) groups excluding carboxylic acids is 1. The van der Waals surface area contributed by atoms with Gasteiger partial charge in [0.15, 0.2) is 0 Å². The second-order valence-corrected chi connectivity index (χ2v) is 4.71. The van der Waals surface area contributed by atoms with E-state index < -0.39 is 23.7 Å². The van der Waals surface area contributed by atoms with Gasteiger partial charge in [0.25, 0.3) is 0 Å². The maximum absolute atomic E-state index is 11.4. The van der Waals surface area contributed by atoms with E-state index in [1.165, 1.54) is 0 Å². The van der Waals surface area contributed by atoms with Gasteiger partial charge in [-0.2, -0.15) is 0 Å². The first kappa shape index (κ1) is 15.7. The van der Waals surface area contributed by atoms with Crippen LogP contribution in [-0.2, 0) is 9.53 Å². The van der Waals surface area contributed by atoms with Gasteiger partial charge in [0.05, 0.1) is 18.6 Å². The Morgan fingerprint density at radius 3 is 2.59 bits per heavy atom. The second kappa shape index (κ2) is 7.11. The van der Waals surface area contributed by atoms with E-state index in [0.29, 0.717) is 6.42 Å². The minimum atomic E-state index is -1.07. The van der Waals surface area contributed by atoms with E-state index in [9.17, 15) is 9.90 Å². The maximum Gasteiger partial charge on any atom is 0.308 e. The smallest absolute Gasteiger partial charge is 0.308 e. The molecule has 0 aromatic rings. The van der Waals surface area contributed by atoms with Crippen molar-refractivity contribution in [3.63, 3.8) is 0 Å². The van der Waals surface area contributed by atoms with Crippen molar-refractivity contribution in [1.29, 1.82) is 0 Å². The average molecular weight is 244 g/mol. The lowest BCUT2D eigenvalue weighted by Gasteiger charge is -2.22. The maximum atomic E-state index is 11.4. The second-order valence-electron chi connectivity index (χ2n) is 4.71. The summed E-state index contributed by atoms with van der Waals surface area (Å²) in [4.78, 5) is 14.0. The molecular formula is C10H20N4O3. The predicted molar refractivity (Wildman–Crippen MR) is 63.1 cm³/mol. The largest absolute Gasteiger partial charge is 0.460 e. The van der Waals surface area contributed by atoms with Gasteiger partial charge in [-0.15, -0.1) is 0 Å². The summed E-state index contributed by atoms with van der Waals surface area (Å²) in [6.07, 6.45) is -0.945. The van der Waals surface area contributed by atoms with E-state index in [4.69, 9.17) is 16.0 Å². The van der Waals surface area contributed by atoms with E-state index in [0.717, 1.165) is 0 Å². The number of aliphatic hydroxyl groups is 1. The molecule has 0 amide bonds. The number of carbonyl (C=O) groups is 1. The molecule has 0 rings (SSSR count). The first-order valence-corrected chi connectivity index (χ1v) is 5.44. The summed E-state index contributed by atoms with van der Waals surface area (Å²) < 4.78 is 5.05. The molecule has 0 saturated carbocycles. The third-order valence-corrected chi connectivity index (χ3v) is 1.90. The van der Waals surface area contributed by atoms with Crippen LogP contribution < -0.4 is 5.73 Å². The van der Waals surface area contributed by atoms with Crippen LogP contribution in [0.1, 0.15) is 33.6 Å². The Kier molecular flexibility index (Phi) is 6.57. The highest BCUT2D eigenvalue weighted by atomic mass is 16.6. The standard InChI is InChI=1S/C10H20N4O3/c1-10(2,3)17-9(16)6-8(15)7(4-5-11)13-14-12/h7-8,15H,4-6,11H2,1-3H3/t7-,8+/m0/s1. The Balaban J connectivity index is 4.34. The Hall–Kier alpha value is -1.30. The molecule has 0 aromatic carbocycles. The monoisotopic (exact) mass is 244 g/mol. The summed E-state index contributed by atoms with van der Waals surface area (Å²) >= 11 is 0. The van der Waals surface area contributed by atoms with E-state index in [1.807, 2.05) is 0 Å². The normalized spacial score (nSPS) is 14.6. The molecule has 0 aliphatic heterocycles. The van der Waals surface area contributed by atoms with Crippen molar-refractivity contribution in [2.24, 2.45) is 10.8 Å².